The summed E-state index contributed by atoms with van der Waals surface area (Å²) in [5.41, 5.74) is 1.06. The second-order valence-corrected chi connectivity index (χ2v) is 13.7. The summed E-state index contributed by atoms with van der Waals surface area (Å²) in [5.74, 6) is -1.42. The van der Waals surface area contributed by atoms with Gasteiger partial charge in [0.15, 0.2) is 0 Å². The Balaban J connectivity index is 0.000000256. The molecule has 2 saturated heterocycles. The van der Waals surface area contributed by atoms with Crippen molar-refractivity contribution in [2.24, 2.45) is 0 Å². The Morgan fingerprint density at radius 3 is 1.40 bits per heavy atom. The lowest BCUT2D eigenvalue weighted by molar-refractivity contribution is -0.149. The number of carboxylic acids is 1. The first-order chi connectivity index (χ1) is 22.1. The van der Waals surface area contributed by atoms with E-state index in [1.54, 1.807) is 20.8 Å². The monoisotopic (exact) mass is 654 g/mol. The van der Waals surface area contributed by atoms with E-state index in [1.807, 2.05) is 81.4 Å². The normalized spacial score (nSPS) is 19.2. The number of methoxy groups -OCH3 is 1. The first-order valence-corrected chi connectivity index (χ1v) is 15.9. The molecular formula is C35H50N4O8. The Hall–Kier alpha value is -4.16. The standard InChI is InChI=1S/C18H26N2O4.C17H24N2O4/c1-18(2,3)24-17(22)20-11-10-19(13-15(20)16(21)23-4)12-14-8-6-5-7-9-14;1-17(2,3)23-16(22)19-10-9-18(12-14(19)15(20)21)11-13-7-5-4-6-8-13/h5-9,15H,10-13H2,1-4H3;4-8,14H,9-12H2,1-3H3,(H,20,21)/t15-;14-/m00/s1. The number of rotatable bonds is 6. The fourth-order valence-electron chi connectivity index (χ4n) is 5.28. The molecule has 0 unspecified atom stereocenters. The minimum Gasteiger partial charge on any atom is -0.480 e. The molecule has 12 nitrogen and oxygen atoms in total. The lowest BCUT2D eigenvalue weighted by Crippen LogP contribution is -2.59. The van der Waals surface area contributed by atoms with Gasteiger partial charge < -0.3 is 19.3 Å². The minimum atomic E-state index is -1.01. The van der Waals surface area contributed by atoms with Crippen LogP contribution < -0.4 is 0 Å². The van der Waals surface area contributed by atoms with Gasteiger partial charge in [-0.15, -0.1) is 0 Å². The number of carbonyl (C=O) groups excluding carboxylic acids is 3. The molecule has 12 heteroatoms. The van der Waals surface area contributed by atoms with Crippen molar-refractivity contribution in [1.82, 2.24) is 19.6 Å². The van der Waals surface area contributed by atoms with Gasteiger partial charge >= 0.3 is 24.1 Å². The summed E-state index contributed by atoms with van der Waals surface area (Å²) in [4.78, 5) is 55.3. The highest BCUT2D eigenvalue weighted by Gasteiger charge is 2.39. The van der Waals surface area contributed by atoms with E-state index in [1.165, 1.54) is 22.5 Å². The largest absolute Gasteiger partial charge is 0.480 e. The summed E-state index contributed by atoms with van der Waals surface area (Å²) in [6.07, 6.45) is -1.04. The summed E-state index contributed by atoms with van der Waals surface area (Å²) < 4.78 is 15.6. The zero-order valence-corrected chi connectivity index (χ0v) is 28.7. The molecule has 2 aliphatic rings. The van der Waals surface area contributed by atoms with E-state index in [-0.39, 0.29) is 0 Å². The van der Waals surface area contributed by atoms with Gasteiger partial charge in [0, 0.05) is 52.4 Å². The SMILES string of the molecule is CC(C)(C)OC(=O)N1CCN(Cc2ccccc2)C[C@H]1C(=O)O.COC(=O)[C@@H]1CN(Cc2ccccc2)CCN1C(=O)OC(C)(C)C. The molecule has 2 heterocycles. The van der Waals surface area contributed by atoms with Gasteiger partial charge in [-0.05, 0) is 52.7 Å². The summed E-state index contributed by atoms with van der Waals surface area (Å²) in [6.45, 7) is 15.0. The molecule has 0 aliphatic carbocycles. The fourth-order valence-corrected chi connectivity index (χ4v) is 5.28. The van der Waals surface area contributed by atoms with E-state index in [0.29, 0.717) is 45.8 Å². The maximum absolute atomic E-state index is 12.4. The van der Waals surface area contributed by atoms with E-state index in [4.69, 9.17) is 14.2 Å². The van der Waals surface area contributed by atoms with Gasteiger partial charge in [-0.1, -0.05) is 60.7 Å². The van der Waals surface area contributed by atoms with Gasteiger partial charge in [0.25, 0.3) is 0 Å². The number of hydrogen-bond donors (Lipinski definition) is 1. The van der Waals surface area contributed by atoms with Crippen LogP contribution in [-0.2, 0) is 36.9 Å². The van der Waals surface area contributed by atoms with Crippen molar-refractivity contribution >= 4 is 24.1 Å². The number of esters is 1. The van der Waals surface area contributed by atoms with Gasteiger partial charge in [0.2, 0.25) is 0 Å². The van der Waals surface area contributed by atoms with Crippen LogP contribution in [-0.4, -0.2) is 118 Å². The van der Waals surface area contributed by atoms with Gasteiger partial charge in [-0.3, -0.25) is 19.6 Å². The Morgan fingerprint density at radius 2 is 1.04 bits per heavy atom. The minimum absolute atomic E-state index is 0.295. The molecule has 2 amide bonds. The van der Waals surface area contributed by atoms with Crippen LogP contribution in [0.3, 0.4) is 0 Å². The molecule has 4 rings (SSSR count). The second kappa shape index (κ2) is 16.6. The molecule has 2 aliphatic heterocycles. The number of carbonyl (C=O) groups is 4. The van der Waals surface area contributed by atoms with Crippen molar-refractivity contribution in [2.45, 2.75) is 77.9 Å². The van der Waals surface area contributed by atoms with E-state index < -0.39 is 47.4 Å². The molecule has 1 N–H and O–H groups in total. The van der Waals surface area contributed by atoms with Crippen LogP contribution in [0, 0.1) is 0 Å². The first-order valence-electron chi connectivity index (χ1n) is 15.9. The highest BCUT2D eigenvalue weighted by molar-refractivity contribution is 5.82. The molecule has 2 fully saturated rings. The summed E-state index contributed by atoms with van der Waals surface area (Å²) in [7, 11) is 1.34. The smallest absolute Gasteiger partial charge is 0.411 e. The van der Waals surface area contributed by atoms with Crippen LogP contribution in [0.5, 0.6) is 0 Å². The number of nitrogens with zero attached hydrogens (tertiary/aromatic N) is 4. The summed E-state index contributed by atoms with van der Waals surface area (Å²) >= 11 is 0. The predicted octanol–water partition coefficient (Wildman–Crippen LogP) is 4.47. The van der Waals surface area contributed by atoms with Gasteiger partial charge in [0.05, 0.1) is 7.11 Å². The lowest BCUT2D eigenvalue weighted by atomic mass is 10.1. The zero-order valence-electron chi connectivity index (χ0n) is 28.7. The molecule has 2 atom stereocenters. The van der Waals surface area contributed by atoms with Crippen LogP contribution in [0.2, 0.25) is 0 Å². The molecule has 0 aromatic heterocycles. The summed E-state index contributed by atoms with van der Waals surface area (Å²) in [5, 5.41) is 9.46. The highest BCUT2D eigenvalue weighted by Crippen LogP contribution is 2.20. The van der Waals surface area contributed by atoms with Crippen LogP contribution in [0.25, 0.3) is 0 Å². The number of hydrogen-bond acceptors (Lipinski definition) is 9. The van der Waals surface area contributed by atoms with E-state index in [0.717, 1.165) is 12.1 Å². The number of benzene rings is 2. The number of amides is 2. The van der Waals surface area contributed by atoms with Crippen molar-refractivity contribution in [2.75, 3.05) is 46.4 Å². The quantitative estimate of drug-likeness (QED) is 0.352. The molecule has 0 bridgehead atoms. The van der Waals surface area contributed by atoms with Crippen molar-refractivity contribution in [3.8, 4) is 0 Å². The van der Waals surface area contributed by atoms with Gasteiger partial charge in [0.1, 0.15) is 23.3 Å². The Bertz CT molecular complexity index is 1330. The zero-order chi connectivity index (χ0) is 34.8. The summed E-state index contributed by atoms with van der Waals surface area (Å²) in [6, 6.07) is 18.4. The predicted molar refractivity (Wildman–Crippen MR) is 177 cm³/mol. The Morgan fingerprint density at radius 1 is 0.660 bits per heavy atom. The molecule has 2 aromatic rings. The maximum atomic E-state index is 12.4. The first kappa shape index (κ1) is 37.3. The van der Waals surface area contributed by atoms with Crippen molar-refractivity contribution in [3.63, 3.8) is 0 Å². The highest BCUT2D eigenvalue weighted by atomic mass is 16.6. The van der Waals surface area contributed by atoms with Crippen molar-refractivity contribution in [3.05, 3.63) is 71.8 Å². The second-order valence-electron chi connectivity index (χ2n) is 13.7. The number of aliphatic carboxylic acids is 1. The number of ether oxygens (including phenoxy) is 3. The number of carboxylic acid groups (broad SMARTS) is 1. The third-order valence-corrected chi connectivity index (χ3v) is 7.44. The molecular weight excluding hydrogens is 604 g/mol. The topological polar surface area (TPSA) is 129 Å². The molecule has 47 heavy (non-hydrogen) atoms. The van der Waals surface area contributed by atoms with E-state index >= 15 is 0 Å². The third kappa shape index (κ3) is 12.2. The van der Waals surface area contributed by atoms with Crippen LogP contribution >= 0.6 is 0 Å². The van der Waals surface area contributed by atoms with Crippen LogP contribution in [0.15, 0.2) is 60.7 Å². The van der Waals surface area contributed by atoms with Crippen LogP contribution in [0.1, 0.15) is 52.7 Å². The molecule has 0 radical (unpaired) electrons. The lowest BCUT2D eigenvalue weighted by Gasteiger charge is -2.40. The molecule has 2 aromatic carbocycles. The average Bonchev–Trinajstić information content (AvgIpc) is 3.00. The number of piperazine rings is 2. The molecule has 0 spiro atoms. The van der Waals surface area contributed by atoms with E-state index in [9.17, 15) is 24.3 Å². The van der Waals surface area contributed by atoms with Gasteiger partial charge in [-0.25, -0.2) is 19.2 Å². The van der Waals surface area contributed by atoms with Crippen molar-refractivity contribution < 1.29 is 38.5 Å². The Kier molecular flexibility index (Phi) is 13.2. The Labute approximate surface area is 278 Å². The molecule has 258 valence electrons. The van der Waals surface area contributed by atoms with Gasteiger partial charge in [-0.2, -0.15) is 0 Å². The van der Waals surface area contributed by atoms with Crippen molar-refractivity contribution in [1.29, 1.82) is 0 Å². The third-order valence-electron chi connectivity index (χ3n) is 7.44. The maximum Gasteiger partial charge on any atom is 0.411 e. The molecule has 0 saturated carbocycles. The van der Waals surface area contributed by atoms with E-state index in [2.05, 4.69) is 9.80 Å². The van der Waals surface area contributed by atoms with Crippen LogP contribution in [0.4, 0.5) is 9.59 Å². The average molecular weight is 655 g/mol. The fraction of sp³-hybridized carbons (Fsp3) is 0.543.